The fourth-order valence-corrected chi connectivity index (χ4v) is 2.10. The molecule has 0 aliphatic heterocycles. The van der Waals surface area contributed by atoms with E-state index >= 15 is 0 Å². The smallest absolute Gasteiger partial charge is 0.271 e. The van der Waals surface area contributed by atoms with Gasteiger partial charge >= 0.3 is 0 Å². The zero-order valence-corrected chi connectivity index (χ0v) is 12.4. The van der Waals surface area contributed by atoms with Gasteiger partial charge in [-0.15, -0.1) is 36.2 Å². The van der Waals surface area contributed by atoms with E-state index in [4.69, 9.17) is 5.73 Å². The van der Waals surface area contributed by atoms with Crippen molar-refractivity contribution in [3.8, 4) is 0 Å². The molecule has 106 valence electrons. The lowest BCUT2D eigenvalue weighted by atomic mass is 10.4. The number of nitrogens with one attached hydrogen (secondary N) is 2. The number of nitrogens with zero attached hydrogens (tertiary/aromatic N) is 2. The Balaban J connectivity index is 0.00000162. The Kier molecular flexibility index (Phi) is 8.33. The quantitative estimate of drug-likeness (QED) is 0.768. The van der Waals surface area contributed by atoms with Gasteiger partial charge in [-0.25, -0.2) is 9.97 Å². The van der Waals surface area contributed by atoms with Crippen LogP contribution in [0.1, 0.15) is 21.3 Å². The average molecular weight is 324 g/mol. The summed E-state index contributed by atoms with van der Waals surface area (Å²) in [6.07, 6.45) is 4.06. The normalized spacial score (nSPS) is 9.32. The molecule has 2 heterocycles. The number of aromatic amines is 1. The number of rotatable bonds is 5. The largest absolute Gasteiger partial charge is 0.347 e. The van der Waals surface area contributed by atoms with Crippen LogP contribution in [-0.2, 0) is 13.0 Å². The van der Waals surface area contributed by atoms with Crippen LogP contribution in [0.5, 0.6) is 0 Å². The minimum Gasteiger partial charge on any atom is -0.347 e. The van der Waals surface area contributed by atoms with E-state index in [0.29, 0.717) is 25.2 Å². The molecule has 0 radical (unpaired) electrons. The molecule has 0 saturated heterocycles. The van der Waals surface area contributed by atoms with Crippen molar-refractivity contribution in [2.24, 2.45) is 5.73 Å². The summed E-state index contributed by atoms with van der Waals surface area (Å²) in [5, 5.41) is 5.36. The maximum absolute atomic E-state index is 11.7. The van der Waals surface area contributed by atoms with Crippen LogP contribution in [0.2, 0.25) is 0 Å². The molecule has 0 saturated carbocycles. The van der Waals surface area contributed by atoms with Crippen LogP contribution in [-0.4, -0.2) is 27.4 Å². The van der Waals surface area contributed by atoms with Crippen LogP contribution in [0.3, 0.4) is 0 Å². The van der Waals surface area contributed by atoms with Crippen LogP contribution in [0, 0.1) is 0 Å². The first-order valence-corrected chi connectivity index (χ1v) is 6.08. The standard InChI is InChI=1S/C10H13N5OS.2ClH/c11-2-1-9-15-7(6-17-9)10(16)14-5-8-12-3-4-13-8;;/h3-4,6H,1-2,5,11H2,(H,12,13)(H,14,16);2*1H. The zero-order chi connectivity index (χ0) is 12.1. The highest BCUT2D eigenvalue weighted by Gasteiger charge is 2.10. The highest BCUT2D eigenvalue weighted by Crippen LogP contribution is 2.09. The third kappa shape index (κ3) is 5.15. The van der Waals surface area contributed by atoms with Gasteiger partial charge in [0.2, 0.25) is 0 Å². The molecule has 0 aliphatic carbocycles. The van der Waals surface area contributed by atoms with Crippen molar-refractivity contribution in [3.05, 3.63) is 34.3 Å². The summed E-state index contributed by atoms with van der Waals surface area (Å²) in [5.74, 6) is 0.525. The van der Waals surface area contributed by atoms with E-state index < -0.39 is 0 Å². The molecule has 9 heteroatoms. The molecule has 0 spiro atoms. The van der Waals surface area contributed by atoms with Gasteiger partial charge in [-0.3, -0.25) is 4.79 Å². The average Bonchev–Trinajstić information content (AvgIpc) is 2.97. The number of amides is 1. The number of nitrogens with two attached hydrogens (primary N) is 1. The second-order valence-corrected chi connectivity index (χ2v) is 4.33. The summed E-state index contributed by atoms with van der Waals surface area (Å²) in [6, 6.07) is 0. The Morgan fingerprint density at radius 2 is 2.26 bits per heavy atom. The number of hydrogen-bond acceptors (Lipinski definition) is 5. The Bertz CT molecular complexity index is 488. The van der Waals surface area contributed by atoms with Crippen molar-refractivity contribution in [1.82, 2.24) is 20.3 Å². The van der Waals surface area contributed by atoms with E-state index in [1.54, 1.807) is 17.8 Å². The molecule has 2 rings (SSSR count). The maximum Gasteiger partial charge on any atom is 0.271 e. The number of aromatic nitrogens is 3. The van der Waals surface area contributed by atoms with Gasteiger partial charge in [-0.1, -0.05) is 0 Å². The maximum atomic E-state index is 11.7. The predicted octanol–water partition coefficient (Wildman–Crippen LogP) is 1.14. The first-order chi connectivity index (χ1) is 8.29. The van der Waals surface area contributed by atoms with Gasteiger partial charge in [-0.05, 0) is 6.54 Å². The Morgan fingerprint density at radius 3 is 2.89 bits per heavy atom. The molecule has 0 unspecified atom stereocenters. The molecule has 0 aliphatic rings. The molecule has 2 aromatic rings. The summed E-state index contributed by atoms with van der Waals surface area (Å²) in [4.78, 5) is 22.8. The number of carbonyl (C=O) groups excluding carboxylic acids is 1. The van der Waals surface area contributed by atoms with Gasteiger partial charge in [0.15, 0.2) is 0 Å². The van der Waals surface area contributed by atoms with Crippen LogP contribution >= 0.6 is 36.2 Å². The number of imidazole rings is 1. The molecule has 0 atom stereocenters. The number of hydrogen-bond donors (Lipinski definition) is 3. The molecule has 2 aromatic heterocycles. The first-order valence-electron chi connectivity index (χ1n) is 5.20. The minimum absolute atomic E-state index is 0. The molecule has 4 N–H and O–H groups in total. The summed E-state index contributed by atoms with van der Waals surface area (Å²) >= 11 is 1.45. The van der Waals surface area contributed by atoms with Crippen molar-refractivity contribution in [2.75, 3.05) is 6.54 Å². The predicted molar refractivity (Wildman–Crippen MR) is 79.1 cm³/mol. The fourth-order valence-electron chi connectivity index (χ4n) is 1.30. The van der Waals surface area contributed by atoms with Gasteiger partial charge < -0.3 is 16.0 Å². The zero-order valence-electron chi connectivity index (χ0n) is 9.96. The number of H-pyrrole nitrogens is 1. The summed E-state index contributed by atoms with van der Waals surface area (Å²) in [6.45, 7) is 0.913. The molecular formula is C10H15Cl2N5OS. The van der Waals surface area contributed by atoms with Gasteiger partial charge in [-0.2, -0.15) is 0 Å². The van der Waals surface area contributed by atoms with E-state index in [0.717, 1.165) is 10.8 Å². The molecular weight excluding hydrogens is 309 g/mol. The summed E-state index contributed by atoms with van der Waals surface area (Å²) in [7, 11) is 0. The molecule has 1 amide bonds. The minimum atomic E-state index is -0.194. The Morgan fingerprint density at radius 1 is 1.47 bits per heavy atom. The topological polar surface area (TPSA) is 96.7 Å². The SMILES string of the molecule is Cl.Cl.NCCc1nc(C(=O)NCc2ncc[nH]2)cs1. The summed E-state index contributed by atoms with van der Waals surface area (Å²) < 4.78 is 0. The molecule has 0 bridgehead atoms. The highest BCUT2D eigenvalue weighted by atomic mass is 35.5. The lowest BCUT2D eigenvalue weighted by Crippen LogP contribution is -2.23. The molecule has 6 nitrogen and oxygen atoms in total. The second-order valence-electron chi connectivity index (χ2n) is 3.38. The van der Waals surface area contributed by atoms with Crippen molar-refractivity contribution in [2.45, 2.75) is 13.0 Å². The highest BCUT2D eigenvalue weighted by molar-refractivity contribution is 7.09. The molecule has 19 heavy (non-hydrogen) atoms. The fraction of sp³-hybridized carbons (Fsp3) is 0.300. The van der Waals surface area contributed by atoms with Gasteiger partial charge in [0.25, 0.3) is 5.91 Å². The Labute approximate surface area is 127 Å². The number of halogens is 2. The van der Waals surface area contributed by atoms with Crippen LogP contribution in [0.25, 0.3) is 0 Å². The van der Waals surface area contributed by atoms with E-state index in [-0.39, 0.29) is 30.7 Å². The lowest BCUT2D eigenvalue weighted by Gasteiger charge is -1.99. The van der Waals surface area contributed by atoms with E-state index in [1.165, 1.54) is 11.3 Å². The molecule has 0 fully saturated rings. The van der Waals surface area contributed by atoms with Crippen molar-refractivity contribution < 1.29 is 4.79 Å². The van der Waals surface area contributed by atoms with E-state index in [9.17, 15) is 4.79 Å². The van der Waals surface area contributed by atoms with Crippen molar-refractivity contribution >= 4 is 42.1 Å². The van der Waals surface area contributed by atoms with Gasteiger partial charge in [0.1, 0.15) is 11.5 Å². The number of thiazole rings is 1. The van der Waals surface area contributed by atoms with Crippen molar-refractivity contribution in [1.29, 1.82) is 0 Å². The van der Waals surface area contributed by atoms with E-state index in [2.05, 4.69) is 20.3 Å². The van der Waals surface area contributed by atoms with Crippen molar-refractivity contribution in [3.63, 3.8) is 0 Å². The second kappa shape index (κ2) is 8.87. The molecule has 0 aromatic carbocycles. The third-order valence-corrected chi connectivity index (χ3v) is 3.02. The van der Waals surface area contributed by atoms with E-state index in [1.807, 2.05) is 0 Å². The summed E-state index contributed by atoms with van der Waals surface area (Å²) in [5.41, 5.74) is 5.86. The van der Waals surface area contributed by atoms with Crippen LogP contribution < -0.4 is 11.1 Å². The van der Waals surface area contributed by atoms with Crippen LogP contribution in [0.15, 0.2) is 17.8 Å². The Hall–Kier alpha value is -1.15. The third-order valence-electron chi connectivity index (χ3n) is 2.11. The lowest BCUT2D eigenvalue weighted by molar-refractivity contribution is 0.0945. The van der Waals surface area contributed by atoms with Gasteiger partial charge in [0, 0.05) is 24.2 Å². The first kappa shape index (κ1) is 17.8. The number of carbonyl (C=O) groups is 1. The monoisotopic (exact) mass is 323 g/mol. The van der Waals surface area contributed by atoms with Crippen LogP contribution in [0.4, 0.5) is 0 Å². The van der Waals surface area contributed by atoms with Gasteiger partial charge in [0.05, 0.1) is 11.6 Å².